The maximum Gasteiger partial charge on any atom is 0.334 e. The third-order valence-corrected chi connectivity index (χ3v) is 10.7. The molecule has 8 heteroatoms. The molecular weight excluding hydrogens is 584 g/mol. The molecule has 8 nitrogen and oxygen atoms in total. The van der Waals surface area contributed by atoms with Crippen molar-refractivity contribution in [2.75, 3.05) is 6.79 Å². The summed E-state index contributed by atoms with van der Waals surface area (Å²) in [6, 6.07) is 0. The Morgan fingerprint density at radius 1 is 0.739 bits per heavy atom. The van der Waals surface area contributed by atoms with Gasteiger partial charge in [-0.3, -0.25) is 0 Å². The molecule has 4 heterocycles. The quantitative estimate of drug-likeness (QED) is 0.0957. The molecule has 0 saturated carbocycles. The van der Waals surface area contributed by atoms with Crippen molar-refractivity contribution in [3.8, 4) is 0 Å². The van der Waals surface area contributed by atoms with E-state index in [4.69, 9.17) is 23.7 Å². The van der Waals surface area contributed by atoms with Gasteiger partial charge in [0.25, 0.3) is 0 Å². The zero-order chi connectivity index (χ0) is 32.6. The van der Waals surface area contributed by atoms with E-state index in [2.05, 4.69) is 6.92 Å². The first kappa shape index (κ1) is 37.8. The molecule has 0 radical (unpaired) electrons. The number of aliphatic hydroxyl groups excluding tert-OH is 2. The van der Waals surface area contributed by atoms with Crippen LogP contribution in [0.3, 0.4) is 0 Å². The lowest BCUT2D eigenvalue weighted by Crippen LogP contribution is -2.35. The van der Waals surface area contributed by atoms with Crippen molar-refractivity contribution in [3.63, 3.8) is 0 Å². The third kappa shape index (κ3) is 13.1. The second-order valence-corrected chi connectivity index (χ2v) is 14.6. The molecule has 266 valence electrons. The molecule has 0 aromatic carbocycles. The summed E-state index contributed by atoms with van der Waals surface area (Å²) in [5.41, 5.74) is 0.843. The number of ether oxygens (including phenoxy) is 5. The topological polar surface area (TPSA) is 104 Å². The van der Waals surface area contributed by atoms with Crippen molar-refractivity contribution in [1.29, 1.82) is 0 Å². The summed E-state index contributed by atoms with van der Waals surface area (Å²) < 4.78 is 30.2. The summed E-state index contributed by atoms with van der Waals surface area (Å²) in [7, 11) is 0. The predicted octanol–water partition coefficient (Wildman–Crippen LogP) is 7.85. The van der Waals surface area contributed by atoms with E-state index in [1.165, 1.54) is 44.9 Å². The molecule has 3 fully saturated rings. The first-order valence-corrected chi connectivity index (χ1v) is 19.2. The lowest BCUT2D eigenvalue weighted by molar-refractivity contribution is -0.175. The molecule has 0 aliphatic carbocycles. The minimum atomic E-state index is -0.539. The monoisotopic (exact) mass is 650 g/mol. The van der Waals surface area contributed by atoms with Gasteiger partial charge in [-0.2, -0.15) is 0 Å². The number of hydrogen-bond acceptors (Lipinski definition) is 8. The molecule has 0 spiro atoms. The largest absolute Gasteiger partial charge is 0.455 e. The maximum atomic E-state index is 11.7. The van der Waals surface area contributed by atoms with Crippen LogP contribution in [0.4, 0.5) is 0 Å². The van der Waals surface area contributed by atoms with Crippen LogP contribution in [0.2, 0.25) is 0 Å². The summed E-state index contributed by atoms with van der Waals surface area (Å²) in [5, 5.41) is 21.4. The van der Waals surface area contributed by atoms with E-state index >= 15 is 0 Å². The number of rotatable bonds is 21. The standard InChI is InChI=1S/C38H66O8/c1-3-4-5-13-17-31-18-14-19-34(43-27-42-31)35-24-25-37(46-35)36-23-22-33(45-36)32(40)21-20-30(39)16-12-10-8-6-7-9-11-15-29-26-28(2)44-38(29)41/h26,28,30-37,39-40H,3-25,27H2,1-2H3/t28?,30-,31-,32-,33+,34-,35+,36+,37-/m1/s1. The van der Waals surface area contributed by atoms with Gasteiger partial charge in [0.1, 0.15) is 12.9 Å². The van der Waals surface area contributed by atoms with E-state index < -0.39 is 6.10 Å². The Morgan fingerprint density at radius 2 is 1.43 bits per heavy atom. The third-order valence-electron chi connectivity index (χ3n) is 10.7. The normalized spacial score (nSPS) is 31.8. The number of unbranched alkanes of at least 4 members (excludes halogenated alkanes) is 9. The highest BCUT2D eigenvalue weighted by atomic mass is 16.7. The number of cyclic esters (lactones) is 1. The summed E-state index contributed by atoms with van der Waals surface area (Å²) in [4.78, 5) is 11.7. The van der Waals surface area contributed by atoms with Crippen LogP contribution in [0.1, 0.15) is 162 Å². The van der Waals surface area contributed by atoms with Gasteiger partial charge in [0.05, 0.1) is 48.8 Å². The zero-order valence-electron chi connectivity index (χ0n) is 29.1. The maximum absolute atomic E-state index is 11.7. The van der Waals surface area contributed by atoms with Crippen molar-refractivity contribution in [2.45, 2.75) is 216 Å². The van der Waals surface area contributed by atoms with Crippen LogP contribution in [0, 0.1) is 0 Å². The van der Waals surface area contributed by atoms with E-state index in [0.717, 1.165) is 95.5 Å². The van der Waals surface area contributed by atoms with Crippen LogP contribution in [-0.4, -0.2) is 77.9 Å². The number of carbonyl (C=O) groups excluding carboxylic acids is 1. The zero-order valence-corrected chi connectivity index (χ0v) is 29.1. The van der Waals surface area contributed by atoms with Crippen molar-refractivity contribution >= 4 is 5.97 Å². The first-order chi connectivity index (χ1) is 22.4. The van der Waals surface area contributed by atoms with Crippen molar-refractivity contribution in [2.24, 2.45) is 0 Å². The molecule has 9 atom stereocenters. The van der Waals surface area contributed by atoms with Gasteiger partial charge < -0.3 is 33.9 Å². The van der Waals surface area contributed by atoms with E-state index in [-0.39, 0.29) is 48.7 Å². The molecule has 46 heavy (non-hydrogen) atoms. The molecule has 4 aliphatic heterocycles. The molecule has 4 aliphatic rings. The van der Waals surface area contributed by atoms with E-state index in [9.17, 15) is 15.0 Å². The van der Waals surface area contributed by atoms with E-state index in [1.54, 1.807) is 0 Å². The Hall–Kier alpha value is -1.03. The Bertz CT molecular complexity index is 869. The lowest BCUT2D eigenvalue weighted by Gasteiger charge is -2.30. The summed E-state index contributed by atoms with van der Waals surface area (Å²) in [5.74, 6) is -0.140. The van der Waals surface area contributed by atoms with Gasteiger partial charge in [-0.1, -0.05) is 71.1 Å². The highest BCUT2D eigenvalue weighted by molar-refractivity contribution is 5.90. The molecule has 0 aromatic rings. The van der Waals surface area contributed by atoms with Crippen LogP contribution in [0.5, 0.6) is 0 Å². The second-order valence-electron chi connectivity index (χ2n) is 14.6. The average molecular weight is 651 g/mol. The number of esters is 1. The van der Waals surface area contributed by atoms with Gasteiger partial charge >= 0.3 is 5.97 Å². The predicted molar refractivity (Wildman–Crippen MR) is 179 cm³/mol. The minimum Gasteiger partial charge on any atom is -0.455 e. The number of aliphatic hydroxyl groups is 2. The van der Waals surface area contributed by atoms with Gasteiger partial charge in [-0.15, -0.1) is 0 Å². The summed E-state index contributed by atoms with van der Waals surface area (Å²) in [6.07, 6.45) is 25.4. The fraction of sp³-hybridized carbons (Fsp3) is 0.921. The minimum absolute atomic E-state index is 0.0342. The highest BCUT2D eigenvalue weighted by Gasteiger charge is 2.41. The summed E-state index contributed by atoms with van der Waals surface area (Å²) in [6.45, 7) is 4.52. The van der Waals surface area contributed by atoms with Crippen LogP contribution in [-0.2, 0) is 28.5 Å². The van der Waals surface area contributed by atoms with Gasteiger partial charge in [0.2, 0.25) is 0 Å². The molecule has 0 amide bonds. The molecule has 0 bridgehead atoms. The lowest BCUT2D eigenvalue weighted by atomic mass is 9.99. The smallest absolute Gasteiger partial charge is 0.334 e. The Morgan fingerprint density at radius 3 is 2.20 bits per heavy atom. The van der Waals surface area contributed by atoms with Crippen molar-refractivity contribution in [1.82, 2.24) is 0 Å². The Labute approximate surface area is 279 Å². The van der Waals surface area contributed by atoms with Crippen LogP contribution in [0.25, 0.3) is 0 Å². The SMILES string of the molecule is CCCCCC[C@@H]1CCC[C@H]([C@@H]2CC[C@H]([C@@H]3CC[C@@H]([C@H](O)CC[C@H](O)CCCCCCCCCC4=CC(C)OC4=O)O3)O2)OCO1. The molecular formula is C38H66O8. The number of hydrogen-bond donors (Lipinski definition) is 2. The second kappa shape index (κ2) is 21.1. The highest BCUT2D eigenvalue weighted by Crippen LogP contribution is 2.36. The van der Waals surface area contributed by atoms with Gasteiger partial charge in [-0.25, -0.2) is 4.79 Å². The van der Waals surface area contributed by atoms with E-state index in [1.807, 2.05) is 13.0 Å². The number of carbonyl (C=O) groups is 1. The van der Waals surface area contributed by atoms with E-state index in [0.29, 0.717) is 25.7 Å². The molecule has 3 saturated heterocycles. The Kier molecular flexibility index (Phi) is 17.4. The fourth-order valence-electron chi connectivity index (χ4n) is 7.83. The molecule has 0 aromatic heterocycles. The Balaban J connectivity index is 0.996. The van der Waals surface area contributed by atoms with Crippen molar-refractivity contribution in [3.05, 3.63) is 11.6 Å². The van der Waals surface area contributed by atoms with Gasteiger partial charge in [-0.05, 0) is 96.5 Å². The van der Waals surface area contributed by atoms with Crippen LogP contribution >= 0.6 is 0 Å². The molecule has 1 unspecified atom stereocenters. The van der Waals surface area contributed by atoms with Gasteiger partial charge in [0.15, 0.2) is 0 Å². The average Bonchev–Trinajstić information content (AvgIpc) is 3.78. The first-order valence-electron chi connectivity index (χ1n) is 19.2. The van der Waals surface area contributed by atoms with Crippen molar-refractivity contribution < 1.29 is 38.7 Å². The van der Waals surface area contributed by atoms with Gasteiger partial charge in [0, 0.05) is 5.57 Å². The van der Waals surface area contributed by atoms with Crippen LogP contribution < -0.4 is 0 Å². The fourth-order valence-corrected chi connectivity index (χ4v) is 7.83. The van der Waals surface area contributed by atoms with Crippen LogP contribution in [0.15, 0.2) is 11.6 Å². The molecule has 2 N–H and O–H groups in total. The summed E-state index contributed by atoms with van der Waals surface area (Å²) >= 11 is 0. The molecule has 4 rings (SSSR count).